The normalized spacial score (nSPS) is 14.3. The maximum Gasteiger partial charge on any atom is 0.0476 e. The lowest BCUT2D eigenvalue weighted by atomic mass is 9.97. The van der Waals surface area contributed by atoms with Gasteiger partial charge in [0.1, 0.15) is 0 Å². The Morgan fingerprint density at radius 2 is 2.00 bits per heavy atom. The van der Waals surface area contributed by atoms with Gasteiger partial charge in [-0.1, -0.05) is 52.7 Å². The van der Waals surface area contributed by atoms with E-state index in [4.69, 9.17) is 11.6 Å². The molecule has 88 valence electrons. The van der Waals surface area contributed by atoms with Gasteiger partial charge in [0.2, 0.25) is 0 Å². The molecule has 2 rings (SSSR count). The Hall–Kier alpha value is -0.860. The summed E-state index contributed by atoms with van der Waals surface area (Å²) in [6.07, 6.45) is 1.82. The Bertz CT molecular complexity index is 487. The summed E-state index contributed by atoms with van der Waals surface area (Å²) in [6, 6.07) is 13.9. The number of pyridine rings is 1. The molecule has 0 N–H and O–H groups in total. The standard InChI is InChI=1S/C14H13BrClN/c1-10(13-7-2-3-8-17-13)14(15)11-5-4-6-12(16)9-11/h2-10,14H,1H3. The van der Waals surface area contributed by atoms with E-state index in [2.05, 4.69) is 33.9 Å². The van der Waals surface area contributed by atoms with Crippen LogP contribution in [0.5, 0.6) is 0 Å². The highest BCUT2D eigenvalue weighted by Gasteiger charge is 2.18. The van der Waals surface area contributed by atoms with Crippen molar-refractivity contribution in [1.82, 2.24) is 4.98 Å². The number of halogens is 2. The van der Waals surface area contributed by atoms with Crippen molar-refractivity contribution < 1.29 is 0 Å². The van der Waals surface area contributed by atoms with Crippen LogP contribution in [-0.4, -0.2) is 4.98 Å². The molecule has 2 atom stereocenters. The second kappa shape index (κ2) is 5.65. The zero-order valence-corrected chi connectivity index (χ0v) is 11.8. The number of rotatable bonds is 3. The van der Waals surface area contributed by atoms with E-state index >= 15 is 0 Å². The lowest BCUT2D eigenvalue weighted by Crippen LogP contribution is -2.03. The maximum absolute atomic E-state index is 6.00. The zero-order chi connectivity index (χ0) is 12.3. The molecular weight excluding hydrogens is 298 g/mol. The molecule has 0 bridgehead atoms. The molecule has 1 aromatic heterocycles. The third-order valence-corrected chi connectivity index (χ3v) is 4.32. The van der Waals surface area contributed by atoms with Crippen molar-refractivity contribution in [3.8, 4) is 0 Å². The van der Waals surface area contributed by atoms with Crippen LogP contribution in [0.25, 0.3) is 0 Å². The number of aromatic nitrogens is 1. The Balaban J connectivity index is 2.23. The van der Waals surface area contributed by atoms with Gasteiger partial charge in [-0.05, 0) is 29.8 Å². The van der Waals surface area contributed by atoms with Crippen LogP contribution in [0.15, 0.2) is 48.7 Å². The molecule has 0 aliphatic carbocycles. The van der Waals surface area contributed by atoms with E-state index in [9.17, 15) is 0 Å². The molecule has 1 nitrogen and oxygen atoms in total. The van der Waals surface area contributed by atoms with Crippen LogP contribution < -0.4 is 0 Å². The second-order valence-electron chi connectivity index (χ2n) is 4.00. The topological polar surface area (TPSA) is 12.9 Å². The molecule has 0 saturated carbocycles. The third kappa shape index (κ3) is 3.08. The average molecular weight is 311 g/mol. The Morgan fingerprint density at radius 1 is 1.18 bits per heavy atom. The Kier molecular flexibility index (Phi) is 4.19. The van der Waals surface area contributed by atoms with Crippen LogP contribution in [-0.2, 0) is 0 Å². The summed E-state index contributed by atoms with van der Waals surface area (Å²) in [6.45, 7) is 2.16. The molecule has 3 heteroatoms. The molecular formula is C14H13BrClN. The summed E-state index contributed by atoms with van der Waals surface area (Å²) in [5, 5.41) is 0.764. The van der Waals surface area contributed by atoms with Gasteiger partial charge >= 0.3 is 0 Å². The molecule has 0 amide bonds. The van der Waals surface area contributed by atoms with Gasteiger partial charge in [-0.15, -0.1) is 0 Å². The van der Waals surface area contributed by atoms with Gasteiger partial charge in [-0.2, -0.15) is 0 Å². The number of hydrogen-bond donors (Lipinski definition) is 0. The van der Waals surface area contributed by atoms with Crippen LogP contribution in [0.2, 0.25) is 5.02 Å². The van der Waals surface area contributed by atoms with Gasteiger partial charge in [-0.3, -0.25) is 4.98 Å². The minimum atomic E-state index is 0.219. The Morgan fingerprint density at radius 3 is 2.65 bits per heavy atom. The highest BCUT2D eigenvalue weighted by atomic mass is 79.9. The first-order valence-corrected chi connectivity index (χ1v) is 6.78. The van der Waals surface area contributed by atoms with Gasteiger partial charge < -0.3 is 0 Å². The first-order chi connectivity index (χ1) is 8.18. The molecule has 1 heterocycles. The average Bonchev–Trinajstić information content (AvgIpc) is 2.38. The molecule has 0 radical (unpaired) electrons. The van der Waals surface area contributed by atoms with Gasteiger partial charge in [-0.25, -0.2) is 0 Å². The number of alkyl halides is 1. The van der Waals surface area contributed by atoms with E-state index in [1.54, 1.807) is 0 Å². The summed E-state index contributed by atoms with van der Waals surface area (Å²) in [5.41, 5.74) is 2.25. The fourth-order valence-electron chi connectivity index (χ4n) is 1.76. The van der Waals surface area contributed by atoms with Crippen molar-refractivity contribution >= 4 is 27.5 Å². The van der Waals surface area contributed by atoms with Gasteiger partial charge in [0, 0.05) is 27.7 Å². The summed E-state index contributed by atoms with van der Waals surface area (Å²) in [7, 11) is 0. The number of hydrogen-bond acceptors (Lipinski definition) is 1. The van der Waals surface area contributed by atoms with E-state index in [1.807, 2.05) is 42.6 Å². The quantitative estimate of drug-likeness (QED) is 0.729. The van der Waals surface area contributed by atoms with Crippen molar-refractivity contribution in [2.75, 3.05) is 0 Å². The summed E-state index contributed by atoms with van der Waals surface area (Å²) in [4.78, 5) is 4.60. The van der Waals surface area contributed by atoms with E-state index in [1.165, 1.54) is 5.56 Å². The van der Waals surface area contributed by atoms with Gasteiger partial charge in [0.05, 0.1) is 0 Å². The predicted octanol–water partition coefficient (Wildman–Crippen LogP) is 4.97. The molecule has 0 aliphatic rings. The zero-order valence-electron chi connectivity index (χ0n) is 9.48. The highest BCUT2D eigenvalue weighted by molar-refractivity contribution is 9.09. The second-order valence-corrected chi connectivity index (χ2v) is 5.42. The van der Waals surface area contributed by atoms with Crippen molar-refractivity contribution in [3.05, 3.63) is 64.9 Å². The van der Waals surface area contributed by atoms with Gasteiger partial charge in [0.15, 0.2) is 0 Å². The van der Waals surface area contributed by atoms with Crippen molar-refractivity contribution in [3.63, 3.8) is 0 Å². The minimum absolute atomic E-state index is 0.219. The molecule has 0 spiro atoms. The van der Waals surface area contributed by atoms with Crippen LogP contribution in [0.1, 0.15) is 28.9 Å². The Labute approximate surface area is 115 Å². The summed E-state index contributed by atoms with van der Waals surface area (Å²) >= 11 is 9.73. The predicted molar refractivity (Wildman–Crippen MR) is 75.8 cm³/mol. The first kappa shape index (κ1) is 12.6. The van der Waals surface area contributed by atoms with E-state index in [0.717, 1.165) is 10.7 Å². The fourth-order valence-corrected chi connectivity index (χ4v) is 2.52. The van der Waals surface area contributed by atoms with Crippen molar-refractivity contribution in [2.24, 2.45) is 0 Å². The van der Waals surface area contributed by atoms with Crippen LogP contribution in [0.4, 0.5) is 0 Å². The van der Waals surface area contributed by atoms with E-state index in [-0.39, 0.29) is 4.83 Å². The molecule has 0 saturated heterocycles. The lowest BCUT2D eigenvalue weighted by Gasteiger charge is -2.18. The largest absolute Gasteiger partial charge is 0.261 e. The van der Waals surface area contributed by atoms with E-state index < -0.39 is 0 Å². The fraction of sp³-hybridized carbons (Fsp3) is 0.214. The highest BCUT2D eigenvalue weighted by Crippen LogP contribution is 2.37. The third-order valence-electron chi connectivity index (χ3n) is 2.76. The van der Waals surface area contributed by atoms with Crippen LogP contribution >= 0.6 is 27.5 Å². The molecule has 2 aromatic rings. The minimum Gasteiger partial charge on any atom is -0.261 e. The summed E-state index contributed by atoms with van der Waals surface area (Å²) in [5.74, 6) is 0.301. The van der Waals surface area contributed by atoms with Crippen LogP contribution in [0, 0.1) is 0 Å². The van der Waals surface area contributed by atoms with Crippen LogP contribution in [0.3, 0.4) is 0 Å². The van der Waals surface area contributed by atoms with Crippen molar-refractivity contribution in [2.45, 2.75) is 17.7 Å². The lowest BCUT2D eigenvalue weighted by molar-refractivity contribution is 0.724. The molecule has 17 heavy (non-hydrogen) atoms. The summed E-state index contributed by atoms with van der Waals surface area (Å²) < 4.78 is 0. The molecule has 0 aliphatic heterocycles. The monoisotopic (exact) mass is 309 g/mol. The van der Waals surface area contributed by atoms with E-state index in [0.29, 0.717) is 5.92 Å². The number of nitrogens with zero attached hydrogens (tertiary/aromatic N) is 1. The van der Waals surface area contributed by atoms with Crippen molar-refractivity contribution in [1.29, 1.82) is 0 Å². The number of benzene rings is 1. The van der Waals surface area contributed by atoms with Gasteiger partial charge in [0.25, 0.3) is 0 Å². The smallest absolute Gasteiger partial charge is 0.0476 e. The molecule has 0 fully saturated rings. The molecule has 2 unspecified atom stereocenters. The maximum atomic E-state index is 6.00. The SMILES string of the molecule is CC(c1ccccn1)C(Br)c1cccc(Cl)c1. The first-order valence-electron chi connectivity index (χ1n) is 5.49. The molecule has 1 aromatic carbocycles.